The highest BCUT2D eigenvalue weighted by Crippen LogP contribution is 2.41. The van der Waals surface area contributed by atoms with E-state index < -0.39 is 0 Å². The van der Waals surface area contributed by atoms with Crippen LogP contribution >= 0.6 is 0 Å². The zero-order valence-corrected chi connectivity index (χ0v) is 11.5. The van der Waals surface area contributed by atoms with Gasteiger partial charge in [-0.15, -0.1) is 0 Å². The Balaban J connectivity index is 2.18. The fourth-order valence-electron chi connectivity index (χ4n) is 3.75. The van der Waals surface area contributed by atoms with E-state index in [2.05, 4.69) is 31.0 Å². The monoisotopic (exact) mass is 256 g/mol. The van der Waals surface area contributed by atoms with Crippen molar-refractivity contribution in [2.75, 3.05) is 0 Å². The molecule has 100 valence electrons. The molecule has 3 rings (SSSR count). The van der Waals surface area contributed by atoms with Gasteiger partial charge in [-0.05, 0) is 44.2 Å². The fraction of sp³-hybridized carbons (Fsp3) is 0.438. The maximum atomic E-state index is 11.5. The number of pyridine rings is 1. The second-order valence-electron chi connectivity index (χ2n) is 5.90. The van der Waals surface area contributed by atoms with E-state index >= 15 is 0 Å². The van der Waals surface area contributed by atoms with Gasteiger partial charge in [-0.2, -0.15) is 0 Å². The number of hydrogen-bond acceptors (Lipinski definition) is 2. The maximum absolute atomic E-state index is 11.5. The number of fused-ring (bicyclic) bond motifs is 3. The Morgan fingerprint density at radius 1 is 1.42 bits per heavy atom. The normalized spacial score (nSPS) is 31.6. The summed E-state index contributed by atoms with van der Waals surface area (Å²) in [6, 6.07) is 3.54. The number of allylic oxidation sites excluding steroid dienone is 2. The molecule has 0 aromatic carbocycles. The van der Waals surface area contributed by atoms with Gasteiger partial charge in [0.15, 0.2) is 0 Å². The maximum Gasteiger partial charge on any atom is 0.248 e. The van der Waals surface area contributed by atoms with Gasteiger partial charge in [-0.25, -0.2) is 0 Å². The fourth-order valence-corrected chi connectivity index (χ4v) is 3.75. The first-order valence-electron chi connectivity index (χ1n) is 6.86. The summed E-state index contributed by atoms with van der Waals surface area (Å²) < 4.78 is 0. The third-order valence-electron chi connectivity index (χ3n) is 4.39. The molecule has 0 radical (unpaired) electrons. The number of aromatic nitrogens is 1. The summed E-state index contributed by atoms with van der Waals surface area (Å²) in [6.07, 6.45) is 7.03. The summed E-state index contributed by atoms with van der Waals surface area (Å²) in [7, 11) is 0. The molecule has 2 bridgehead atoms. The van der Waals surface area contributed by atoms with Crippen molar-refractivity contribution < 1.29 is 0 Å². The van der Waals surface area contributed by atoms with Crippen LogP contribution < -0.4 is 11.3 Å². The Hall–Kier alpha value is -1.61. The van der Waals surface area contributed by atoms with Crippen LogP contribution in [0.4, 0.5) is 0 Å². The SMILES string of the molecule is CC=C1C2C=C(C)C[C@]1(N)Cc1ccc(=O)[nH]c1C2. The smallest absolute Gasteiger partial charge is 0.248 e. The van der Waals surface area contributed by atoms with E-state index in [-0.39, 0.29) is 11.1 Å². The van der Waals surface area contributed by atoms with Gasteiger partial charge in [0.25, 0.3) is 0 Å². The van der Waals surface area contributed by atoms with Crippen LogP contribution in [0.1, 0.15) is 31.5 Å². The molecular weight excluding hydrogens is 236 g/mol. The molecule has 3 N–H and O–H groups in total. The Kier molecular flexibility index (Phi) is 2.75. The first-order valence-corrected chi connectivity index (χ1v) is 6.86. The molecule has 3 nitrogen and oxygen atoms in total. The van der Waals surface area contributed by atoms with Gasteiger partial charge in [0.05, 0.1) is 0 Å². The van der Waals surface area contributed by atoms with Crippen LogP contribution in [0.3, 0.4) is 0 Å². The second kappa shape index (κ2) is 4.20. The zero-order chi connectivity index (χ0) is 13.6. The molecule has 0 saturated heterocycles. The lowest BCUT2D eigenvalue weighted by atomic mass is 9.71. The van der Waals surface area contributed by atoms with E-state index in [1.165, 1.54) is 16.7 Å². The Morgan fingerprint density at radius 2 is 2.21 bits per heavy atom. The lowest BCUT2D eigenvalue weighted by molar-refractivity contribution is 0.439. The highest BCUT2D eigenvalue weighted by Gasteiger charge is 2.39. The van der Waals surface area contributed by atoms with Gasteiger partial charge in [0.2, 0.25) is 5.56 Å². The van der Waals surface area contributed by atoms with Gasteiger partial charge in [-0.3, -0.25) is 4.79 Å². The summed E-state index contributed by atoms with van der Waals surface area (Å²) in [5, 5.41) is 0. The molecule has 2 atom stereocenters. The van der Waals surface area contributed by atoms with Crippen LogP contribution in [0.15, 0.2) is 40.2 Å². The van der Waals surface area contributed by atoms with Crippen molar-refractivity contribution in [3.63, 3.8) is 0 Å². The van der Waals surface area contributed by atoms with Gasteiger partial charge in [-0.1, -0.05) is 23.8 Å². The molecule has 2 aliphatic rings. The van der Waals surface area contributed by atoms with Gasteiger partial charge < -0.3 is 10.7 Å². The minimum atomic E-state index is -0.290. The molecule has 1 aromatic rings. The molecule has 0 fully saturated rings. The van der Waals surface area contributed by atoms with Crippen molar-refractivity contribution in [2.45, 2.75) is 38.6 Å². The second-order valence-corrected chi connectivity index (χ2v) is 5.90. The number of rotatable bonds is 0. The number of nitrogens with one attached hydrogen (secondary N) is 1. The van der Waals surface area contributed by atoms with Crippen LogP contribution in [0.2, 0.25) is 0 Å². The van der Waals surface area contributed by atoms with Crippen LogP contribution in [0, 0.1) is 5.92 Å². The van der Waals surface area contributed by atoms with Crippen LogP contribution in [-0.4, -0.2) is 10.5 Å². The molecule has 0 saturated carbocycles. The van der Waals surface area contributed by atoms with E-state index in [9.17, 15) is 4.79 Å². The van der Waals surface area contributed by atoms with E-state index in [1.54, 1.807) is 6.07 Å². The van der Waals surface area contributed by atoms with E-state index in [1.807, 2.05) is 6.07 Å². The molecular formula is C16H20N2O. The summed E-state index contributed by atoms with van der Waals surface area (Å²) in [5.74, 6) is 0.322. The van der Waals surface area contributed by atoms with Gasteiger partial charge >= 0.3 is 0 Å². The lowest BCUT2D eigenvalue weighted by Crippen LogP contribution is -2.47. The highest BCUT2D eigenvalue weighted by atomic mass is 16.1. The number of hydrogen-bond donors (Lipinski definition) is 2. The summed E-state index contributed by atoms with van der Waals surface area (Å²) in [4.78, 5) is 14.5. The predicted octanol–water partition coefficient (Wildman–Crippen LogP) is 2.08. The number of aromatic amines is 1. The summed E-state index contributed by atoms with van der Waals surface area (Å²) >= 11 is 0. The molecule has 19 heavy (non-hydrogen) atoms. The van der Waals surface area contributed by atoms with Crippen molar-refractivity contribution in [1.82, 2.24) is 4.98 Å². The largest absolute Gasteiger partial charge is 0.326 e. The minimum Gasteiger partial charge on any atom is -0.326 e. The Morgan fingerprint density at radius 3 is 2.95 bits per heavy atom. The van der Waals surface area contributed by atoms with E-state index in [0.717, 1.165) is 25.0 Å². The molecule has 2 aliphatic carbocycles. The van der Waals surface area contributed by atoms with Crippen LogP contribution in [0.5, 0.6) is 0 Å². The molecule has 0 aliphatic heterocycles. The highest BCUT2D eigenvalue weighted by molar-refractivity contribution is 5.41. The third kappa shape index (κ3) is 1.98. The first kappa shape index (κ1) is 12.4. The van der Waals surface area contributed by atoms with E-state index in [0.29, 0.717) is 5.92 Å². The molecule has 1 heterocycles. The average molecular weight is 256 g/mol. The quantitative estimate of drug-likeness (QED) is 0.698. The van der Waals surface area contributed by atoms with Crippen molar-refractivity contribution >= 4 is 0 Å². The van der Waals surface area contributed by atoms with Gasteiger partial charge in [0.1, 0.15) is 0 Å². The Bertz CT molecular complexity index is 638. The number of nitrogens with two attached hydrogens (primary N) is 1. The topological polar surface area (TPSA) is 58.9 Å². The van der Waals surface area contributed by atoms with Crippen molar-refractivity contribution in [1.29, 1.82) is 0 Å². The average Bonchev–Trinajstić information content (AvgIpc) is 2.38. The molecule has 1 aromatic heterocycles. The van der Waals surface area contributed by atoms with Crippen molar-refractivity contribution in [2.24, 2.45) is 11.7 Å². The van der Waals surface area contributed by atoms with Crippen LogP contribution in [0.25, 0.3) is 0 Å². The third-order valence-corrected chi connectivity index (χ3v) is 4.39. The zero-order valence-electron chi connectivity index (χ0n) is 11.5. The molecule has 0 amide bonds. The van der Waals surface area contributed by atoms with Crippen LogP contribution in [-0.2, 0) is 12.8 Å². The Labute approximate surface area is 113 Å². The molecule has 1 unspecified atom stereocenters. The summed E-state index contributed by atoms with van der Waals surface area (Å²) in [6.45, 7) is 4.22. The summed E-state index contributed by atoms with van der Waals surface area (Å²) in [5.41, 5.74) is 11.3. The van der Waals surface area contributed by atoms with Gasteiger partial charge in [0, 0.05) is 23.2 Å². The predicted molar refractivity (Wildman–Crippen MR) is 77.0 cm³/mol. The lowest BCUT2D eigenvalue weighted by Gasteiger charge is -2.38. The van der Waals surface area contributed by atoms with Crippen molar-refractivity contribution in [3.8, 4) is 0 Å². The standard InChI is InChI=1S/C16H20N2O/c1-3-13-12-6-10(2)8-16(13,17)9-11-4-5-15(19)18-14(11)7-12/h3-6,12H,7-9,17H2,1-2H3,(H,18,19)/t12?,16-/m0/s1. The molecule has 0 spiro atoms. The molecule has 3 heteroatoms. The first-order chi connectivity index (χ1) is 9.01. The van der Waals surface area contributed by atoms with Crippen molar-refractivity contribution in [3.05, 3.63) is 57.0 Å². The minimum absolute atomic E-state index is 0.0241. The number of H-pyrrole nitrogens is 1. The van der Waals surface area contributed by atoms with E-state index in [4.69, 9.17) is 5.73 Å².